The van der Waals surface area contributed by atoms with E-state index >= 15 is 0 Å². The normalized spacial score (nSPS) is 15.1. The Bertz CT molecular complexity index is 1050. The minimum Gasteiger partial charge on any atom is -0.494 e. The maximum atomic E-state index is 13.9. The zero-order valence-electron chi connectivity index (χ0n) is 17.1. The van der Waals surface area contributed by atoms with Crippen LogP contribution in [0.3, 0.4) is 0 Å². The number of ether oxygens (including phenoxy) is 1. The molecule has 1 aliphatic rings. The highest BCUT2D eigenvalue weighted by Gasteiger charge is 2.23. The number of hydrogen-bond acceptors (Lipinski definition) is 3. The third-order valence-electron chi connectivity index (χ3n) is 5.84. The number of carbonyl (C=O) groups is 1. The number of amides is 1. The molecule has 1 amide bonds. The molecule has 152 valence electrons. The molecule has 1 aliphatic heterocycles. The molecule has 0 atom stereocenters. The van der Waals surface area contributed by atoms with Crippen molar-refractivity contribution in [1.29, 1.82) is 0 Å². The molecule has 2 heterocycles. The van der Waals surface area contributed by atoms with Gasteiger partial charge in [0.15, 0.2) is 11.6 Å². The first kappa shape index (κ1) is 19.5. The van der Waals surface area contributed by atoms with Crippen molar-refractivity contribution in [3.8, 4) is 5.75 Å². The van der Waals surface area contributed by atoms with Gasteiger partial charge in [0, 0.05) is 54.9 Å². The molecule has 1 aromatic heterocycles. The van der Waals surface area contributed by atoms with Gasteiger partial charge in [-0.25, -0.2) is 4.39 Å². The van der Waals surface area contributed by atoms with E-state index in [-0.39, 0.29) is 17.5 Å². The average Bonchev–Trinajstić information content (AvgIpc) is 3.01. The second-order valence-electron chi connectivity index (χ2n) is 7.67. The van der Waals surface area contributed by atoms with Gasteiger partial charge in [-0.15, -0.1) is 0 Å². The summed E-state index contributed by atoms with van der Waals surface area (Å²) in [5.74, 6) is -0.0150. The van der Waals surface area contributed by atoms with Gasteiger partial charge in [-0.2, -0.15) is 0 Å². The zero-order valence-corrected chi connectivity index (χ0v) is 17.1. The van der Waals surface area contributed by atoms with Crippen molar-refractivity contribution in [3.05, 3.63) is 64.6 Å². The number of aromatic amines is 1. The van der Waals surface area contributed by atoms with E-state index in [2.05, 4.69) is 16.8 Å². The second-order valence-corrected chi connectivity index (χ2v) is 7.67. The number of rotatable bonds is 4. The zero-order chi connectivity index (χ0) is 20.5. The Morgan fingerprint density at radius 2 is 1.86 bits per heavy atom. The van der Waals surface area contributed by atoms with Gasteiger partial charge in [-0.1, -0.05) is 6.07 Å². The molecule has 0 radical (unpaired) electrons. The third-order valence-corrected chi connectivity index (χ3v) is 5.84. The van der Waals surface area contributed by atoms with Crippen LogP contribution in [0.15, 0.2) is 36.4 Å². The molecule has 6 heteroatoms. The highest BCUT2D eigenvalue weighted by Crippen LogP contribution is 2.24. The van der Waals surface area contributed by atoms with Gasteiger partial charge in [0.2, 0.25) is 0 Å². The standard InChI is InChI=1S/C23H26FN3O2/c1-15-16(2)25-21-6-5-18(13-19(15)21)23(28)27-10-8-26(9-11-27)14-17-4-7-22(29-3)20(24)12-17/h4-7,12-13,25H,8-11,14H2,1-3H3. The minimum absolute atomic E-state index is 0.0697. The number of methoxy groups -OCH3 is 1. The molecule has 4 rings (SSSR count). The smallest absolute Gasteiger partial charge is 0.253 e. The van der Waals surface area contributed by atoms with Crippen LogP contribution in [0.25, 0.3) is 10.9 Å². The van der Waals surface area contributed by atoms with Crippen LogP contribution in [0.1, 0.15) is 27.2 Å². The Balaban J connectivity index is 1.39. The summed E-state index contributed by atoms with van der Waals surface area (Å²) in [7, 11) is 1.46. The van der Waals surface area contributed by atoms with Crippen LogP contribution in [0.5, 0.6) is 5.75 Å². The van der Waals surface area contributed by atoms with Gasteiger partial charge in [0.05, 0.1) is 7.11 Å². The summed E-state index contributed by atoms with van der Waals surface area (Å²) in [4.78, 5) is 20.5. The average molecular weight is 395 g/mol. The summed E-state index contributed by atoms with van der Waals surface area (Å²) in [5.41, 5.74) is 5.02. The number of benzene rings is 2. The summed E-state index contributed by atoms with van der Waals surface area (Å²) in [6, 6.07) is 10.9. The molecule has 2 aromatic carbocycles. The third kappa shape index (κ3) is 3.85. The molecule has 3 aromatic rings. The molecule has 1 fully saturated rings. The lowest BCUT2D eigenvalue weighted by Crippen LogP contribution is -2.48. The topological polar surface area (TPSA) is 48.6 Å². The highest BCUT2D eigenvalue weighted by molar-refractivity contribution is 5.99. The molecular weight excluding hydrogens is 369 g/mol. The summed E-state index contributed by atoms with van der Waals surface area (Å²) in [5, 5.41) is 1.11. The Morgan fingerprint density at radius 3 is 2.55 bits per heavy atom. The van der Waals surface area contributed by atoms with Gasteiger partial charge in [-0.3, -0.25) is 9.69 Å². The largest absolute Gasteiger partial charge is 0.494 e. The fourth-order valence-corrected chi connectivity index (χ4v) is 3.95. The SMILES string of the molecule is COc1ccc(CN2CCN(C(=O)c3ccc4[nH]c(C)c(C)c4c3)CC2)cc1F. The first-order chi connectivity index (χ1) is 14.0. The van der Waals surface area contributed by atoms with E-state index < -0.39 is 0 Å². The molecule has 1 N–H and O–H groups in total. The molecule has 0 bridgehead atoms. The van der Waals surface area contributed by atoms with E-state index in [4.69, 9.17) is 4.74 Å². The van der Waals surface area contributed by atoms with Gasteiger partial charge in [0.1, 0.15) is 0 Å². The van der Waals surface area contributed by atoms with E-state index in [1.54, 1.807) is 6.07 Å². The number of aryl methyl sites for hydroxylation is 2. The van der Waals surface area contributed by atoms with Gasteiger partial charge in [-0.05, 0) is 55.3 Å². The fraction of sp³-hybridized carbons (Fsp3) is 0.348. The predicted molar refractivity (Wildman–Crippen MR) is 112 cm³/mol. The number of hydrogen-bond donors (Lipinski definition) is 1. The van der Waals surface area contributed by atoms with Crippen molar-refractivity contribution < 1.29 is 13.9 Å². The number of H-pyrrole nitrogens is 1. The number of aromatic nitrogens is 1. The Labute approximate surface area is 170 Å². The molecule has 29 heavy (non-hydrogen) atoms. The van der Waals surface area contributed by atoms with E-state index in [0.717, 1.165) is 40.8 Å². The van der Waals surface area contributed by atoms with Gasteiger partial charge < -0.3 is 14.6 Å². The number of halogens is 1. The molecule has 0 saturated carbocycles. The van der Waals surface area contributed by atoms with Crippen LogP contribution >= 0.6 is 0 Å². The lowest BCUT2D eigenvalue weighted by Gasteiger charge is -2.34. The number of nitrogens with one attached hydrogen (secondary N) is 1. The van der Waals surface area contributed by atoms with E-state index in [1.807, 2.05) is 36.1 Å². The van der Waals surface area contributed by atoms with Crippen molar-refractivity contribution in [2.45, 2.75) is 20.4 Å². The Morgan fingerprint density at radius 1 is 1.10 bits per heavy atom. The molecule has 5 nitrogen and oxygen atoms in total. The number of fused-ring (bicyclic) bond motifs is 1. The summed E-state index contributed by atoms with van der Waals surface area (Å²) in [6.45, 7) is 7.65. The lowest BCUT2D eigenvalue weighted by molar-refractivity contribution is 0.0628. The monoisotopic (exact) mass is 395 g/mol. The van der Waals surface area contributed by atoms with E-state index in [1.165, 1.54) is 18.7 Å². The summed E-state index contributed by atoms with van der Waals surface area (Å²) < 4.78 is 18.9. The van der Waals surface area contributed by atoms with Gasteiger partial charge in [0.25, 0.3) is 5.91 Å². The molecule has 0 unspecified atom stereocenters. The Hall–Kier alpha value is -2.86. The van der Waals surface area contributed by atoms with Crippen LogP contribution in [0.2, 0.25) is 0 Å². The number of nitrogens with zero attached hydrogens (tertiary/aromatic N) is 2. The van der Waals surface area contributed by atoms with Crippen LogP contribution in [-0.2, 0) is 6.54 Å². The van der Waals surface area contributed by atoms with Crippen molar-refractivity contribution in [3.63, 3.8) is 0 Å². The van der Waals surface area contributed by atoms with Crippen molar-refractivity contribution in [1.82, 2.24) is 14.8 Å². The summed E-state index contributed by atoms with van der Waals surface area (Å²) in [6.07, 6.45) is 0. The molecule has 0 aliphatic carbocycles. The minimum atomic E-state index is -0.343. The predicted octanol–water partition coefficient (Wildman–Crippen LogP) is 3.89. The maximum absolute atomic E-state index is 13.9. The summed E-state index contributed by atoms with van der Waals surface area (Å²) >= 11 is 0. The van der Waals surface area contributed by atoms with E-state index in [0.29, 0.717) is 19.6 Å². The van der Waals surface area contributed by atoms with Crippen LogP contribution in [-0.4, -0.2) is 54.0 Å². The van der Waals surface area contributed by atoms with E-state index in [9.17, 15) is 9.18 Å². The first-order valence-corrected chi connectivity index (χ1v) is 9.89. The second kappa shape index (κ2) is 7.87. The maximum Gasteiger partial charge on any atom is 0.253 e. The fourth-order valence-electron chi connectivity index (χ4n) is 3.95. The highest BCUT2D eigenvalue weighted by atomic mass is 19.1. The Kier molecular flexibility index (Phi) is 5.28. The quantitative estimate of drug-likeness (QED) is 0.729. The number of carbonyl (C=O) groups excluding carboxylic acids is 1. The van der Waals surface area contributed by atoms with Crippen LogP contribution in [0.4, 0.5) is 4.39 Å². The van der Waals surface area contributed by atoms with Crippen molar-refractivity contribution in [2.24, 2.45) is 0 Å². The molecule has 1 saturated heterocycles. The van der Waals surface area contributed by atoms with Crippen LogP contribution < -0.4 is 4.74 Å². The van der Waals surface area contributed by atoms with Crippen LogP contribution in [0, 0.1) is 19.7 Å². The lowest BCUT2D eigenvalue weighted by atomic mass is 10.1. The van der Waals surface area contributed by atoms with Crippen molar-refractivity contribution >= 4 is 16.8 Å². The molecular formula is C23H26FN3O2. The molecule has 0 spiro atoms. The first-order valence-electron chi connectivity index (χ1n) is 9.89. The van der Waals surface area contributed by atoms with Crippen molar-refractivity contribution in [2.75, 3.05) is 33.3 Å². The number of piperazine rings is 1. The van der Waals surface area contributed by atoms with Gasteiger partial charge >= 0.3 is 0 Å².